The Kier molecular flexibility index (Phi) is 3.73. The third-order valence-corrected chi connectivity index (χ3v) is 3.15. The highest BCUT2D eigenvalue weighted by atomic mass is 35.5. The Balaban J connectivity index is 2.61. The molecular formula is C13H12Cl2N2O. The number of aromatic nitrogens is 2. The van der Waals surface area contributed by atoms with Gasteiger partial charge in [0.05, 0.1) is 0 Å². The van der Waals surface area contributed by atoms with Crippen molar-refractivity contribution in [3.63, 3.8) is 0 Å². The fourth-order valence-corrected chi connectivity index (χ4v) is 2.38. The molecule has 0 aliphatic carbocycles. The molecule has 0 atom stereocenters. The van der Waals surface area contributed by atoms with Crippen LogP contribution in [0.5, 0.6) is 0 Å². The van der Waals surface area contributed by atoms with Gasteiger partial charge in [0, 0.05) is 26.9 Å². The van der Waals surface area contributed by atoms with E-state index in [2.05, 4.69) is 9.97 Å². The Hall–Kier alpha value is -1.32. The fraction of sp³-hybridized carbons (Fsp3) is 0.231. The first-order chi connectivity index (χ1) is 8.51. The maximum absolute atomic E-state index is 11.9. The zero-order chi connectivity index (χ0) is 13.3. The largest absolute Gasteiger partial charge is 0.306 e. The third-order valence-electron chi connectivity index (χ3n) is 2.71. The summed E-state index contributed by atoms with van der Waals surface area (Å²) in [6, 6.07) is 5.07. The van der Waals surface area contributed by atoms with Crippen LogP contribution in [0.4, 0.5) is 0 Å². The minimum Gasteiger partial charge on any atom is -0.306 e. The van der Waals surface area contributed by atoms with Crippen molar-refractivity contribution >= 4 is 23.2 Å². The molecule has 94 valence electrons. The van der Waals surface area contributed by atoms with Crippen LogP contribution in [0, 0.1) is 6.92 Å². The SMILES string of the molecule is CCc1c(C)nc(-c2cc(Cl)cc(Cl)c2)[nH]c1=O. The molecular weight excluding hydrogens is 271 g/mol. The van der Waals surface area contributed by atoms with Crippen LogP contribution < -0.4 is 5.56 Å². The van der Waals surface area contributed by atoms with Crippen LogP contribution >= 0.6 is 23.2 Å². The minimum absolute atomic E-state index is 0.115. The minimum atomic E-state index is -0.115. The molecule has 0 saturated heterocycles. The molecule has 0 spiro atoms. The van der Waals surface area contributed by atoms with E-state index < -0.39 is 0 Å². The van der Waals surface area contributed by atoms with Crippen LogP contribution in [0.3, 0.4) is 0 Å². The van der Waals surface area contributed by atoms with E-state index in [-0.39, 0.29) is 5.56 Å². The lowest BCUT2D eigenvalue weighted by Gasteiger charge is -2.06. The van der Waals surface area contributed by atoms with Crippen molar-refractivity contribution in [2.24, 2.45) is 0 Å². The Labute approximate surface area is 115 Å². The lowest BCUT2D eigenvalue weighted by molar-refractivity contribution is 0.968. The topological polar surface area (TPSA) is 45.8 Å². The molecule has 2 aromatic rings. The zero-order valence-corrected chi connectivity index (χ0v) is 11.6. The third kappa shape index (κ3) is 2.57. The van der Waals surface area contributed by atoms with E-state index in [0.29, 0.717) is 33.4 Å². The molecule has 1 N–H and O–H groups in total. The molecule has 0 unspecified atom stereocenters. The quantitative estimate of drug-likeness (QED) is 0.915. The van der Waals surface area contributed by atoms with Crippen LogP contribution in [0.25, 0.3) is 11.4 Å². The Bertz CT molecular complexity index is 630. The van der Waals surface area contributed by atoms with E-state index in [9.17, 15) is 4.79 Å². The van der Waals surface area contributed by atoms with Crippen molar-refractivity contribution in [1.82, 2.24) is 9.97 Å². The normalized spacial score (nSPS) is 10.7. The van der Waals surface area contributed by atoms with Gasteiger partial charge in [-0.05, 0) is 31.5 Å². The van der Waals surface area contributed by atoms with Crippen molar-refractivity contribution in [1.29, 1.82) is 0 Å². The second-order valence-electron chi connectivity index (χ2n) is 3.99. The highest BCUT2D eigenvalue weighted by molar-refractivity contribution is 6.35. The number of nitrogens with zero attached hydrogens (tertiary/aromatic N) is 1. The predicted octanol–water partition coefficient (Wildman–Crippen LogP) is 3.61. The number of aryl methyl sites for hydroxylation is 1. The first kappa shape index (κ1) is 13.1. The van der Waals surface area contributed by atoms with Gasteiger partial charge in [0.25, 0.3) is 5.56 Å². The number of hydrogen-bond acceptors (Lipinski definition) is 2. The lowest BCUT2D eigenvalue weighted by Crippen LogP contribution is -2.16. The molecule has 0 bridgehead atoms. The first-order valence-electron chi connectivity index (χ1n) is 5.57. The van der Waals surface area contributed by atoms with E-state index in [1.807, 2.05) is 13.8 Å². The van der Waals surface area contributed by atoms with Crippen LogP contribution in [-0.4, -0.2) is 9.97 Å². The van der Waals surface area contributed by atoms with Crippen LogP contribution in [0.1, 0.15) is 18.2 Å². The summed E-state index contributed by atoms with van der Waals surface area (Å²) in [4.78, 5) is 19.0. The summed E-state index contributed by atoms with van der Waals surface area (Å²) in [5.74, 6) is 0.485. The standard InChI is InChI=1S/C13H12Cl2N2O/c1-3-11-7(2)16-12(17-13(11)18)8-4-9(14)6-10(15)5-8/h4-6H,3H2,1-2H3,(H,16,17,18). The number of benzene rings is 1. The van der Waals surface area contributed by atoms with E-state index in [4.69, 9.17) is 23.2 Å². The molecule has 0 aliphatic rings. The summed E-state index contributed by atoms with van der Waals surface area (Å²) in [6.07, 6.45) is 0.657. The van der Waals surface area contributed by atoms with Gasteiger partial charge in [-0.3, -0.25) is 4.79 Å². The zero-order valence-electron chi connectivity index (χ0n) is 10.1. The van der Waals surface area contributed by atoms with Crippen molar-refractivity contribution in [2.75, 3.05) is 0 Å². The molecule has 1 aromatic carbocycles. The van der Waals surface area contributed by atoms with Crippen LogP contribution in [0.15, 0.2) is 23.0 Å². The summed E-state index contributed by atoms with van der Waals surface area (Å²) in [5.41, 5.74) is 2.02. The van der Waals surface area contributed by atoms with Crippen molar-refractivity contribution in [3.8, 4) is 11.4 Å². The summed E-state index contributed by atoms with van der Waals surface area (Å²) in [5, 5.41) is 1.02. The molecule has 2 rings (SSSR count). The molecule has 0 radical (unpaired) electrons. The van der Waals surface area contributed by atoms with Gasteiger partial charge < -0.3 is 4.98 Å². The molecule has 0 saturated carbocycles. The summed E-state index contributed by atoms with van der Waals surface area (Å²) < 4.78 is 0. The van der Waals surface area contributed by atoms with Gasteiger partial charge in [0.1, 0.15) is 5.82 Å². The second kappa shape index (κ2) is 5.12. The second-order valence-corrected chi connectivity index (χ2v) is 4.86. The van der Waals surface area contributed by atoms with Gasteiger partial charge >= 0.3 is 0 Å². The molecule has 1 aromatic heterocycles. The molecule has 0 fully saturated rings. The van der Waals surface area contributed by atoms with Gasteiger partial charge in [-0.1, -0.05) is 30.1 Å². The van der Waals surface area contributed by atoms with Crippen molar-refractivity contribution in [2.45, 2.75) is 20.3 Å². The first-order valence-corrected chi connectivity index (χ1v) is 6.33. The van der Waals surface area contributed by atoms with Crippen molar-refractivity contribution < 1.29 is 0 Å². The Morgan fingerprint density at radius 1 is 1.22 bits per heavy atom. The van der Waals surface area contributed by atoms with Crippen LogP contribution in [0.2, 0.25) is 10.0 Å². The number of hydrogen-bond donors (Lipinski definition) is 1. The molecule has 0 amide bonds. The molecule has 5 heteroatoms. The van der Waals surface area contributed by atoms with Gasteiger partial charge in [-0.2, -0.15) is 0 Å². The number of nitrogens with one attached hydrogen (secondary N) is 1. The van der Waals surface area contributed by atoms with Gasteiger partial charge in [-0.15, -0.1) is 0 Å². The predicted molar refractivity (Wildman–Crippen MR) is 74.4 cm³/mol. The van der Waals surface area contributed by atoms with E-state index in [1.165, 1.54) is 0 Å². The number of H-pyrrole nitrogens is 1. The van der Waals surface area contributed by atoms with Gasteiger partial charge in [0.15, 0.2) is 0 Å². The summed E-state index contributed by atoms with van der Waals surface area (Å²) in [6.45, 7) is 3.75. The van der Waals surface area contributed by atoms with E-state index in [1.54, 1.807) is 18.2 Å². The highest BCUT2D eigenvalue weighted by Crippen LogP contribution is 2.24. The maximum atomic E-state index is 11.9. The number of halogens is 2. The number of rotatable bonds is 2. The van der Waals surface area contributed by atoms with Gasteiger partial charge in [0.2, 0.25) is 0 Å². The average molecular weight is 283 g/mol. The lowest BCUT2D eigenvalue weighted by atomic mass is 10.1. The average Bonchev–Trinajstić information content (AvgIpc) is 2.27. The Morgan fingerprint density at radius 3 is 2.33 bits per heavy atom. The molecule has 0 aliphatic heterocycles. The Morgan fingerprint density at radius 2 is 1.83 bits per heavy atom. The molecule has 18 heavy (non-hydrogen) atoms. The van der Waals surface area contributed by atoms with E-state index >= 15 is 0 Å². The monoisotopic (exact) mass is 282 g/mol. The van der Waals surface area contributed by atoms with Crippen LogP contribution in [-0.2, 0) is 6.42 Å². The van der Waals surface area contributed by atoms with Crippen molar-refractivity contribution in [3.05, 3.63) is 49.9 Å². The highest BCUT2D eigenvalue weighted by Gasteiger charge is 2.09. The van der Waals surface area contributed by atoms with Gasteiger partial charge in [-0.25, -0.2) is 4.98 Å². The fourth-order valence-electron chi connectivity index (χ4n) is 1.85. The smallest absolute Gasteiger partial charge is 0.254 e. The number of aromatic amines is 1. The molecule has 3 nitrogen and oxygen atoms in total. The summed E-state index contributed by atoms with van der Waals surface area (Å²) >= 11 is 11.9. The molecule has 1 heterocycles. The van der Waals surface area contributed by atoms with E-state index in [0.717, 1.165) is 5.69 Å². The summed E-state index contributed by atoms with van der Waals surface area (Å²) in [7, 11) is 0. The maximum Gasteiger partial charge on any atom is 0.254 e.